The molecule has 0 aromatic carbocycles. The zero-order chi connectivity index (χ0) is 13.2. The van der Waals surface area contributed by atoms with Gasteiger partial charge in [-0.2, -0.15) is 5.10 Å². The van der Waals surface area contributed by atoms with Gasteiger partial charge in [-0.1, -0.05) is 0 Å². The minimum atomic E-state index is -0.00439. The van der Waals surface area contributed by atoms with E-state index < -0.39 is 0 Å². The molecular formula is C13H17N5O. The van der Waals surface area contributed by atoms with Gasteiger partial charge in [0.25, 0.3) is 5.56 Å². The Kier molecular flexibility index (Phi) is 3.06. The van der Waals surface area contributed by atoms with Crippen molar-refractivity contribution in [3.8, 4) is 0 Å². The number of aromatic nitrogens is 4. The third-order valence-electron chi connectivity index (χ3n) is 3.69. The predicted octanol–water partition coefficient (Wildman–Crippen LogP) is 0.980. The third kappa shape index (κ3) is 2.14. The van der Waals surface area contributed by atoms with Crippen LogP contribution >= 0.6 is 0 Å². The van der Waals surface area contributed by atoms with Crippen LogP contribution in [0, 0.1) is 0 Å². The monoisotopic (exact) mass is 259 g/mol. The summed E-state index contributed by atoms with van der Waals surface area (Å²) in [4.78, 5) is 18.5. The zero-order valence-corrected chi connectivity index (χ0v) is 10.9. The molecule has 6 nitrogen and oxygen atoms in total. The molecule has 0 amide bonds. The number of nitrogens with one attached hydrogen (secondary N) is 1. The predicted molar refractivity (Wildman–Crippen MR) is 72.3 cm³/mol. The second-order valence-electron chi connectivity index (χ2n) is 4.79. The molecule has 1 N–H and O–H groups in total. The summed E-state index contributed by atoms with van der Waals surface area (Å²) in [5.41, 5.74) is 1.13. The molecule has 2 aromatic rings. The van der Waals surface area contributed by atoms with Gasteiger partial charge in [0, 0.05) is 49.8 Å². The van der Waals surface area contributed by atoms with Crippen LogP contribution in [0.3, 0.4) is 0 Å². The average molecular weight is 259 g/mol. The van der Waals surface area contributed by atoms with E-state index in [1.165, 1.54) is 0 Å². The van der Waals surface area contributed by atoms with Crippen molar-refractivity contribution in [3.05, 3.63) is 40.7 Å². The summed E-state index contributed by atoms with van der Waals surface area (Å²) in [7, 11) is 0. The van der Waals surface area contributed by atoms with Crippen LogP contribution in [0.25, 0.3) is 0 Å². The Hall–Kier alpha value is -2.11. The van der Waals surface area contributed by atoms with Crippen molar-refractivity contribution < 1.29 is 0 Å². The van der Waals surface area contributed by atoms with Crippen molar-refractivity contribution in [2.24, 2.45) is 0 Å². The second-order valence-corrected chi connectivity index (χ2v) is 4.79. The number of aryl methyl sites for hydroxylation is 1. The molecule has 1 fully saturated rings. The van der Waals surface area contributed by atoms with E-state index in [2.05, 4.69) is 20.1 Å². The molecule has 1 aliphatic rings. The van der Waals surface area contributed by atoms with Gasteiger partial charge in [-0.15, -0.1) is 0 Å². The Morgan fingerprint density at radius 2 is 2.37 bits per heavy atom. The second kappa shape index (κ2) is 4.87. The lowest BCUT2D eigenvalue weighted by Gasteiger charge is -2.17. The summed E-state index contributed by atoms with van der Waals surface area (Å²) < 4.78 is 1.69. The van der Waals surface area contributed by atoms with Crippen molar-refractivity contribution in [2.45, 2.75) is 25.8 Å². The van der Waals surface area contributed by atoms with Gasteiger partial charge in [-0.05, 0) is 19.4 Å². The van der Waals surface area contributed by atoms with Crippen LogP contribution in [0.1, 0.15) is 25.0 Å². The van der Waals surface area contributed by atoms with Gasteiger partial charge in [0.15, 0.2) is 5.82 Å². The Morgan fingerprint density at radius 1 is 1.47 bits per heavy atom. The highest BCUT2D eigenvalue weighted by Crippen LogP contribution is 2.27. The first kappa shape index (κ1) is 12.0. The molecule has 0 spiro atoms. The Labute approximate surface area is 111 Å². The molecule has 0 aliphatic carbocycles. The van der Waals surface area contributed by atoms with E-state index in [1.807, 2.05) is 13.0 Å². The van der Waals surface area contributed by atoms with E-state index in [-0.39, 0.29) is 5.56 Å². The highest BCUT2D eigenvalue weighted by atomic mass is 16.1. The third-order valence-corrected chi connectivity index (χ3v) is 3.69. The first-order valence-electron chi connectivity index (χ1n) is 6.59. The largest absolute Gasteiger partial charge is 0.351 e. The van der Waals surface area contributed by atoms with Crippen LogP contribution in [-0.2, 0) is 6.54 Å². The lowest BCUT2D eigenvalue weighted by molar-refractivity contribution is 0.706. The number of H-pyrrole nitrogens is 1. The van der Waals surface area contributed by atoms with Gasteiger partial charge < -0.3 is 9.47 Å². The number of aromatic amines is 1. The lowest BCUT2D eigenvalue weighted by Crippen LogP contribution is -2.31. The van der Waals surface area contributed by atoms with Crippen LogP contribution in [0.2, 0.25) is 0 Å². The first-order chi connectivity index (χ1) is 9.29. The molecule has 0 saturated carbocycles. The fraction of sp³-hybridized carbons (Fsp3) is 0.462. The quantitative estimate of drug-likeness (QED) is 0.892. The van der Waals surface area contributed by atoms with Gasteiger partial charge in [0.2, 0.25) is 0 Å². The van der Waals surface area contributed by atoms with Crippen LogP contribution in [0.5, 0.6) is 0 Å². The van der Waals surface area contributed by atoms with Gasteiger partial charge in [-0.25, -0.2) is 4.98 Å². The Bertz CT molecular complexity index is 604. The maximum absolute atomic E-state index is 12.2. The summed E-state index contributed by atoms with van der Waals surface area (Å²) >= 11 is 0. The van der Waals surface area contributed by atoms with E-state index >= 15 is 0 Å². The number of hydrogen-bond acceptors (Lipinski definition) is 4. The van der Waals surface area contributed by atoms with E-state index in [4.69, 9.17) is 0 Å². The van der Waals surface area contributed by atoms with E-state index in [0.29, 0.717) is 18.3 Å². The summed E-state index contributed by atoms with van der Waals surface area (Å²) in [5.74, 6) is 0.963. The number of anilines is 1. The minimum Gasteiger partial charge on any atom is -0.351 e. The number of hydrogen-bond donors (Lipinski definition) is 1. The molecule has 6 heteroatoms. The zero-order valence-electron chi connectivity index (χ0n) is 10.9. The molecule has 19 heavy (non-hydrogen) atoms. The standard InChI is InChI=1S/C13H17N5O/c1-2-17-8-6-14-12(13(17)19)18-7-4-10(9-18)11-3-5-15-16-11/h3,5-6,8,10H,2,4,7,9H2,1H3,(H,15,16)/t10-/m0/s1. The van der Waals surface area contributed by atoms with E-state index in [9.17, 15) is 4.79 Å². The van der Waals surface area contributed by atoms with Crippen LogP contribution in [0.4, 0.5) is 5.82 Å². The molecule has 2 aromatic heterocycles. The number of nitrogens with zero attached hydrogens (tertiary/aromatic N) is 4. The average Bonchev–Trinajstić information content (AvgIpc) is 3.09. The highest BCUT2D eigenvalue weighted by molar-refractivity contribution is 5.38. The smallest absolute Gasteiger partial charge is 0.293 e. The van der Waals surface area contributed by atoms with Gasteiger partial charge in [0.05, 0.1) is 0 Å². The normalized spacial score (nSPS) is 19.0. The lowest BCUT2D eigenvalue weighted by atomic mass is 10.1. The van der Waals surface area contributed by atoms with Gasteiger partial charge >= 0.3 is 0 Å². The molecule has 1 aliphatic heterocycles. The summed E-state index contributed by atoms with van der Waals surface area (Å²) in [5, 5.41) is 6.99. The van der Waals surface area contributed by atoms with Crippen LogP contribution < -0.4 is 10.5 Å². The summed E-state index contributed by atoms with van der Waals surface area (Å²) in [6, 6.07) is 2.00. The van der Waals surface area contributed by atoms with Crippen LogP contribution in [-0.4, -0.2) is 32.8 Å². The fourth-order valence-electron chi connectivity index (χ4n) is 2.60. The van der Waals surface area contributed by atoms with Crippen molar-refractivity contribution in [1.82, 2.24) is 19.7 Å². The minimum absolute atomic E-state index is 0.00439. The topological polar surface area (TPSA) is 66.8 Å². The Balaban J connectivity index is 1.84. The molecule has 3 rings (SSSR count). The maximum Gasteiger partial charge on any atom is 0.293 e. The first-order valence-corrected chi connectivity index (χ1v) is 6.59. The van der Waals surface area contributed by atoms with Crippen molar-refractivity contribution in [3.63, 3.8) is 0 Å². The molecule has 3 heterocycles. The molecule has 100 valence electrons. The summed E-state index contributed by atoms with van der Waals surface area (Å²) in [6.07, 6.45) is 6.21. The van der Waals surface area contributed by atoms with Gasteiger partial charge in [-0.3, -0.25) is 9.89 Å². The molecule has 0 bridgehead atoms. The van der Waals surface area contributed by atoms with E-state index in [1.54, 1.807) is 23.2 Å². The molecule has 1 saturated heterocycles. The van der Waals surface area contributed by atoms with E-state index in [0.717, 1.165) is 25.2 Å². The molecule has 1 atom stereocenters. The van der Waals surface area contributed by atoms with Crippen molar-refractivity contribution in [2.75, 3.05) is 18.0 Å². The SMILES string of the molecule is CCn1ccnc(N2CC[C@H](c3ccn[nH]3)C2)c1=O. The van der Waals surface area contributed by atoms with Crippen molar-refractivity contribution >= 4 is 5.82 Å². The molecule has 0 radical (unpaired) electrons. The maximum atomic E-state index is 12.2. The van der Waals surface area contributed by atoms with Crippen LogP contribution in [0.15, 0.2) is 29.5 Å². The van der Waals surface area contributed by atoms with Crippen molar-refractivity contribution in [1.29, 1.82) is 0 Å². The molecular weight excluding hydrogens is 242 g/mol. The fourth-order valence-corrected chi connectivity index (χ4v) is 2.60. The van der Waals surface area contributed by atoms with Gasteiger partial charge in [0.1, 0.15) is 0 Å². The number of rotatable bonds is 3. The molecule has 0 unspecified atom stereocenters. The highest BCUT2D eigenvalue weighted by Gasteiger charge is 2.27. The summed E-state index contributed by atoms with van der Waals surface area (Å²) in [6.45, 7) is 4.31. The Morgan fingerprint density at radius 3 is 3.11 bits per heavy atom.